The largest absolute Gasteiger partial charge is 0.494 e. The number of benzene rings is 1. The molecule has 2 N–H and O–H groups in total. The highest BCUT2D eigenvalue weighted by molar-refractivity contribution is 7.90. The van der Waals surface area contributed by atoms with E-state index in [1.54, 1.807) is 18.2 Å². The van der Waals surface area contributed by atoms with Crippen molar-refractivity contribution in [3.05, 3.63) is 28.8 Å². The molecule has 0 saturated carbocycles. The lowest BCUT2D eigenvalue weighted by atomic mass is 10.2. The zero-order valence-corrected chi connectivity index (χ0v) is 12.2. The van der Waals surface area contributed by atoms with Gasteiger partial charge in [-0.05, 0) is 24.6 Å². The minimum atomic E-state index is -2.94. The molecule has 1 rings (SSSR count). The summed E-state index contributed by atoms with van der Waals surface area (Å²) in [6, 6.07) is 4.98. The zero-order chi connectivity index (χ0) is 13.8. The van der Waals surface area contributed by atoms with E-state index in [9.17, 15) is 8.42 Å². The zero-order valence-electron chi connectivity index (χ0n) is 9.85. The highest BCUT2D eigenvalue weighted by atomic mass is 35.5. The molecule has 0 aromatic heterocycles. The van der Waals surface area contributed by atoms with E-state index in [4.69, 9.17) is 34.3 Å². The van der Waals surface area contributed by atoms with Gasteiger partial charge in [-0.1, -0.05) is 23.8 Å². The van der Waals surface area contributed by atoms with Crippen LogP contribution in [0.5, 0.6) is 5.75 Å². The number of nitrogens with two attached hydrogens (primary N) is 1. The van der Waals surface area contributed by atoms with E-state index in [2.05, 4.69) is 0 Å². The van der Waals surface area contributed by atoms with Crippen LogP contribution in [0.2, 0.25) is 5.02 Å². The van der Waals surface area contributed by atoms with Crippen LogP contribution in [0, 0.1) is 0 Å². The second kappa shape index (κ2) is 6.36. The summed E-state index contributed by atoms with van der Waals surface area (Å²) in [5.41, 5.74) is 6.07. The Hall–Kier alpha value is -0.850. The Morgan fingerprint density at radius 3 is 2.67 bits per heavy atom. The van der Waals surface area contributed by atoms with Crippen molar-refractivity contribution in [2.75, 3.05) is 18.6 Å². The van der Waals surface area contributed by atoms with Gasteiger partial charge in [-0.25, -0.2) is 8.42 Å². The summed E-state index contributed by atoms with van der Waals surface area (Å²) in [7, 11) is -2.94. The molecule has 100 valence electrons. The standard InChI is InChI=1S/C11H14ClNO3S2/c1-18(14,15)6-2-5-16-8-3-4-9(11(13)17)10(12)7-8/h3-4,7H,2,5-6H2,1H3,(H2,13,17). The normalized spacial score (nSPS) is 11.2. The fourth-order valence-corrected chi connectivity index (χ4v) is 2.45. The Morgan fingerprint density at radius 2 is 2.17 bits per heavy atom. The fraction of sp³-hybridized carbons (Fsp3) is 0.364. The molecule has 0 aliphatic heterocycles. The number of halogens is 1. The minimum Gasteiger partial charge on any atom is -0.494 e. The molecule has 0 aliphatic carbocycles. The van der Waals surface area contributed by atoms with E-state index in [0.717, 1.165) is 0 Å². The van der Waals surface area contributed by atoms with Crippen molar-refractivity contribution < 1.29 is 13.2 Å². The first-order valence-electron chi connectivity index (χ1n) is 5.19. The molecule has 0 heterocycles. The summed E-state index contributed by atoms with van der Waals surface area (Å²) in [5, 5.41) is 0.420. The third-order valence-corrected chi connectivity index (χ3v) is 3.70. The van der Waals surface area contributed by atoms with Gasteiger partial charge in [0.25, 0.3) is 0 Å². The van der Waals surface area contributed by atoms with Crippen molar-refractivity contribution in [2.24, 2.45) is 5.73 Å². The number of rotatable bonds is 6. The predicted octanol–water partition coefficient (Wildman–Crippen LogP) is 1.79. The van der Waals surface area contributed by atoms with Gasteiger partial charge in [-0.2, -0.15) is 0 Å². The Kier molecular flexibility index (Phi) is 5.37. The predicted molar refractivity (Wildman–Crippen MR) is 77.2 cm³/mol. The molecule has 1 aromatic carbocycles. The van der Waals surface area contributed by atoms with Crippen molar-refractivity contribution in [3.8, 4) is 5.75 Å². The highest BCUT2D eigenvalue weighted by Crippen LogP contribution is 2.22. The highest BCUT2D eigenvalue weighted by Gasteiger charge is 2.06. The van der Waals surface area contributed by atoms with Gasteiger partial charge >= 0.3 is 0 Å². The maximum atomic E-state index is 10.9. The molecule has 0 spiro atoms. The summed E-state index contributed by atoms with van der Waals surface area (Å²) in [5.74, 6) is 0.666. The van der Waals surface area contributed by atoms with Crippen LogP contribution in [-0.2, 0) is 9.84 Å². The molecule has 0 saturated heterocycles. The van der Waals surface area contributed by atoms with Crippen LogP contribution >= 0.6 is 23.8 Å². The fourth-order valence-electron chi connectivity index (χ4n) is 1.30. The lowest BCUT2D eigenvalue weighted by molar-refractivity contribution is 0.318. The van der Waals surface area contributed by atoms with Gasteiger partial charge in [0.1, 0.15) is 20.6 Å². The van der Waals surface area contributed by atoms with E-state index in [1.807, 2.05) is 0 Å². The average Bonchev–Trinajstić information content (AvgIpc) is 2.22. The van der Waals surface area contributed by atoms with Crippen LogP contribution in [0.4, 0.5) is 0 Å². The topological polar surface area (TPSA) is 69.4 Å². The summed E-state index contributed by atoms with van der Waals surface area (Å²) in [6.45, 7) is 0.315. The Morgan fingerprint density at radius 1 is 1.50 bits per heavy atom. The molecule has 0 fully saturated rings. The van der Waals surface area contributed by atoms with Gasteiger partial charge in [0.15, 0.2) is 0 Å². The Bertz CT molecular complexity index is 543. The van der Waals surface area contributed by atoms with Crippen molar-refractivity contribution >= 4 is 38.6 Å². The van der Waals surface area contributed by atoms with Crippen LogP contribution in [0.15, 0.2) is 18.2 Å². The first-order chi connectivity index (χ1) is 8.29. The van der Waals surface area contributed by atoms with Gasteiger partial charge in [-0.15, -0.1) is 0 Å². The Balaban J connectivity index is 2.54. The van der Waals surface area contributed by atoms with Gasteiger partial charge in [-0.3, -0.25) is 0 Å². The molecule has 0 unspecified atom stereocenters. The molecule has 0 amide bonds. The monoisotopic (exact) mass is 307 g/mol. The SMILES string of the molecule is CS(=O)(=O)CCCOc1ccc(C(N)=S)c(Cl)c1. The van der Waals surface area contributed by atoms with E-state index in [-0.39, 0.29) is 10.7 Å². The lowest BCUT2D eigenvalue weighted by Gasteiger charge is -2.08. The summed E-state index contributed by atoms with van der Waals surface area (Å²) >= 11 is 10.8. The van der Waals surface area contributed by atoms with Crippen molar-refractivity contribution in [1.82, 2.24) is 0 Å². The number of hydrogen-bond acceptors (Lipinski definition) is 4. The van der Waals surface area contributed by atoms with E-state index in [0.29, 0.717) is 29.4 Å². The number of sulfone groups is 1. The third kappa shape index (κ3) is 5.20. The minimum absolute atomic E-state index is 0.103. The average molecular weight is 308 g/mol. The van der Waals surface area contributed by atoms with Crippen molar-refractivity contribution in [3.63, 3.8) is 0 Å². The maximum Gasteiger partial charge on any atom is 0.147 e. The molecule has 0 atom stereocenters. The lowest BCUT2D eigenvalue weighted by Crippen LogP contribution is -2.10. The molecule has 1 aromatic rings. The molecule has 4 nitrogen and oxygen atoms in total. The number of ether oxygens (including phenoxy) is 1. The van der Waals surface area contributed by atoms with Crippen molar-refractivity contribution in [1.29, 1.82) is 0 Å². The van der Waals surface area contributed by atoms with Gasteiger partial charge < -0.3 is 10.5 Å². The third-order valence-electron chi connectivity index (χ3n) is 2.13. The van der Waals surface area contributed by atoms with Gasteiger partial charge in [0, 0.05) is 11.8 Å². The maximum absolute atomic E-state index is 10.9. The summed E-state index contributed by atoms with van der Waals surface area (Å²) < 4.78 is 27.2. The molecular weight excluding hydrogens is 294 g/mol. The van der Waals surface area contributed by atoms with Crippen LogP contribution in [0.25, 0.3) is 0 Å². The number of hydrogen-bond donors (Lipinski definition) is 1. The van der Waals surface area contributed by atoms with Gasteiger partial charge in [0.05, 0.1) is 17.4 Å². The quantitative estimate of drug-likeness (QED) is 0.641. The van der Waals surface area contributed by atoms with E-state index >= 15 is 0 Å². The first-order valence-corrected chi connectivity index (χ1v) is 8.04. The van der Waals surface area contributed by atoms with Crippen molar-refractivity contribution in [2.45, 2.75) is 6.42 Å². The van der Waals surface area contributed by atoms with Crippen LogP contribution in [0.3, 0.4) is 0 Å². The van der Waals surface area contributed by atoms with Crippen LogP contribution in [-0.4, -0.2) is 32.0 Å². The molecule has 0 aliphatic rings. The van der Waals surface area contributed by atoms with Crippen LogP contribution < -0.4 is 10.5 Å². The van der Waals surface area contributed by atoms with E-state index in [1.165, 1.54) is 6.26 Å². The molecule has 18 heavy (non-hydrogen) atoms. The Labute approximate surface area is 117 Å². The van der Waals surface area contributed by atoms with E-state index < -0.39 is 9.84 Å². The molecular formula is C11H14ClNO3S2. The summed E-state index contributed by atoms with van der Waals surface area (Å²) in [6.07, 6.45) is 1.63. The second-order valence-corrected chi connectivity index (χ2v) is 6.94. The first kappa shape index (κ1) is 15.2. The van der Waals surface area contributed by atoms with Crippen LogP contribution in [0.1, 0.15) is 12.0 Å². The van der Waals surface area contributed by atoms with Gasteiger partial charge in [0.2, 0.25) is 0 Å². The molecule has 7 heteroatoms. The molecule has 0 bridgehead atoms. The second-order valence-electron chi connectivity index (χ2n) is 3.84. The smallest absolute Gasteiger partial charge is 0.147 e. The number of thiocarbonyl (C=S) groups is 1. The summed E-state index contributed by atoms with van der Waals surface area (Å²) in [4.78, 5) is 0.226. The molecule has 0 radical (unpaired) electrons.